The third-order valence-corrected chi connectivity index (χ3v) is 4.50. The molecule has 0 unspecified atom stereocenters. The van der Waals surface area contributed by atoms with Crippen LogP contribution in [-0.2, 0) is 12.6 Å². The summed E-state index contributed by atoms with van der Waals surface area (Å²) >= 11 is 0. The molecule has 1 N–H and O–H groups in total. The van der Waals surface area contributed by atoms with E-state index in [9.17, 15) is 18.0 Å². The molecule has 28 heavy (non-hydrogen) atoms. The van der Waals surface area contributed by atoms with Crippen LogP contribution in [0.25, 0.3) is 0 Å². The molecule has 1 aliphatic rings. The zero-order valence-electron chi connectivity index (χ0n) is 14.6. The summed E-state index contributed by atoms with van der Waals surface area (Å²) in [5.74, 6) is 0.0941. The molecule has 0 saturated heterocycles. The van der Waals surface area contributed by atoms with Crippen LogP contribution in [0.2, 0.25) is 0 Å². The summed E-state index contributed by atoms with van der Waals surface area (Å²) in [5, 5.41) is 2.52. The van der Waals surface area contributed by atoms with Gasteiger partial charge in [0.05, 0.1) is 18.0 Å². The van der Waals surface area contributed by atoms with Gasteiger partial charge in [-0.1, -0.05) is 18.2 Å². The summed E-state index contributed by atoms with van der Waals surface area (Å²) in [6, 6.07) is 12.2. The van der Waals surface area contributed by atoms with E-state index in [0.29, 0.717) is 5.82 Å². The molecular formula is C20H15F3N4O. The van der Waals surface area contributed by atoms with Gasteiger partial charge in [-0.15, -0.1) is 0 Å². The third-order valence-electron chi connectivity index (χ3n) is 4.50. The Hall–Kier alpha value is -3.42. The predicted molar refractivity (Wildman–Crippen MR) is 98.6 cm³/mol. The summed E-state index contributed by atoms with van der Waals surface area (Å²) in [4.78, 5) is 22.8. The molecule has 0 radical (unpaired) electrons. The van der Waals surface area contributed by atoms with Crippen LogP contribution in [0.15, 0.2) is 60.9 Å². The van der Waals surface area contributed by atoms with Gasteiger partial charge >= 0.3 is 6.18 Å². The van der Waals surface area contributed by atoms with E-state index in [0.717, 1.165) is 30.8 Å². The van der Waals surface area contributed by atoms with Crippen LogP contribution in [0.1, 0.15) is 21.6 Å². The largest absolute Gasteiger partial charge is 0.416 e. The van der Waals surface area contributed by atoms with Crippen molar-refractivity contribution in [2.24, 2.45) is 0 Å². The Morgan fingerprint density at radius 2 is 1.75 bits per heavy atom. The highest BCUT2D eigenvalue weighted by Gasteiger charge is 2.30. The number of benzene rings is 2. The molecule has 1 aliphatic heterocycles. The molecule has 0 bridgehead atoms. The number of aromatic nitrogens is 2. The average molecular weight is 384 g/mol. The van der Waals surface area contributed by atoms with Gasteiger partial charge in [0.15, 0.2) is 5.82 Å². The van der Waals surface area contributed by atoms with Gasteiger partial charge in [-0.3, -0.25) is 4.79 Å². The van der Waals surface area contributed by atoms with Crippen molar-refractivity contribution >= 4 is 23.1 Å². The van der Waals surface area contributed by atoms with Gasteiger partial charge in [0.25, 0.3) is 5.91 Å². The number of halogens is 3. The van der Waals surface area contributed by atoms with Crippen LogP contribution >= 0.6 is 0 Å². The van der Waals surface area contributed by atoms with Gasteiger partial charge in [0, 0.05) is 17.9 Å². The number of para-hydroxylation sites is 1. The lowest BCUT2D eigenvalue weighted by molar-refractivity contribution is -0.137. The van der Waals surface area contributed by atoms with Crippen molar-refractivity contribution in [2.75, 3.05) is 16.8 Å². The van der Waals surface area contributed by atoms with Crippen LogP contribution in [-0.4, -0.2) is 22.4 Å². The number of carbonyl (C=O) groups excluding carboxylic acids is 1. The number of hydrogen-bond acceptors (Lipinski definition) is 4. The molecule has 8 heteroatoms. The Bertz CT molecular complexity index is 1000. The van der Waals surface area contributed by atoms with Crippen LogP contribution in [0, 0.1) is 0 Å². The molecule has 1 amide bonds. The molecule has 2 aromatic carbocycles. The average Bonchev–Trinajstić information content (AvgIpc) is 3.12. The maximum Gasteiger partial charge on any atom is 0.416 e. The van der Waals surface area contributed by atoms with E-state index in [2.05, 4.69) is 21.4 Å². The Balaban J connectivity index is 1.46. The van der Waals surface area contributed by atoms with E-state index in [4.69, 9.17) is 0 Å². The van der Waals surface area contributed by atoms with Gasteiger partial charge in [0.1, 0.15) is 5.69 Å². The molecule has 5 nitrogen and oxygen atoms in total. The Morgan fingerprint density at radius 1 is 1.00 bits per heavy atom. The summed E-state index contributed by atoms with van der Waals surface area (Å²) in [5.41, 5.74) is 1.85. The second kappa shape index (κ2) is 6.95. The van der Waals surface area contributed by atoms with Gasteiger partial charge in [-0.05, 0) is 42.3 Å². The lowest BCUT2D eigenvalue weighted by Crippen LogP contribution is -2.18. The zero-order chi connectivity index (χ0) is 19.7. The van der Waals surface area contributed by atoms with E-state index >= 15 is 0 Å². The maximum absolute atomic E-state index is 12.6. The first-order valence-electron chi connectivity index (χ1n) is 8.58. The maximum atomic E-state index is 12.6. The first kappa shape index (κ1) is 18.0. The minimum absolute atomic E-state index is 0.0798. The molecule has 4 rings (SSSR count). The number of alkyl halides is 3. The molecule has 1 aromatic heterocycles. The van der Waals surface area contributed by atoms with Gasteiger partial charge in [-0.2, -0.15) is 13.2 Å². The predicted octanol–water partition coefficient (Wildman–Crippen LogP) is 4.44. The van der Waals surface area contributed by atoms with Crippen molar-refractivity contribution in [1.29, 1.82) is 0 Å². The summed E-state index contributed by atoms with van der Waals surface area (Å²) in [7, 11) is 0. The monoisotopic (exact) mass is 384 g/mol. The molecule has 0 atom stereocenters. The fraction of sp³-hybridized carbons (Fsp3) is 0.150. The van der Waals surface area contributed by atoms with Crippen LogP contribution in [0.3, 0.4) is 0 Å². The standard InChI is InChI=1S/C20H15F3N4O/c21-20(22,23)14-5-7-15(8-6-14)26-19(28)16-11-25-18(12-24-16)27-10-9-13-3-1-2-4-17(13)27/h1-8,11-12H,9-10H2,(H,26,28). The summed E-state index contributed by atoms with van der Waals surface area (Å²) in [6.45, 7) is 0.783. The second-order valence-electron chi connectivity index (χ2n) is 6.32. The van der Waals surface area contributed by atoms with Crippen molar-refractivity contribution < 1.29 is 18.0 Å². The molecule has 3 aromatic rings. The number of rotatable bonds is 3. The fourth-order valence-corrected chi connectivity index (χ4v) is 3.09. The van der Waals surface area contributed by atoms with Crippen molar-refractivity contribution in [3.05, 3.63) is 77.7 Å². The van der Waals surface area contributed by atoms with Crippen molar-refractivity contribution in [3.63, 3.8) is 0 Å². The van der Waals surface area contributed by atoms with E-state index in [-0.39, 0.29) is 11.4 Å². The lowest BCUT2D eigenvalue weighted by atomic mass is 10.2. The van der Waals surface area contributed by atoms with Crippen molar-refractivity contribution in [3.8, 4) is 0 Å². The molecular weight excluding hydrogens is 369 g/mol. The minimum atomic E-state index is -4.42. The van der Waals surface area contributed by atoms with E-state index in [1.807, 2.05) is 23.1 Å². The minimum Gasteiger partial charge on any atom is -0.325 e. The molecule has 0 fully saturated rings. The van der Waals surface area contributed by atoms with E-state index < -0.39 is 17.6 Å². The highest BCUT2D eigenvalue weighted by molar-refractivity contribution is 6.02. The molecule has 0 spiro atoms. The van der Waals surface area contributed by atoms with Crippen molar-refractivity contribution in [1.82, 2.24) is 9.97 Å². The zero-order valence-corrected chi connectivity index (χ0v) is 14.6. The highest BCUT2D eigenvalue weighted by atomic mass is 19.4. The van der Waals surface area contributed by atoms with Crippen LogP contribution < -0.4 is 10.2 Å². The Kier molecular flexibility index (Phi) is 4.46. The quantitative estimate of drug-likeness (QED) is 0.725. The number of nitrogens with one attached hydrogen (secondary N) is 1. The van der Waals surface area contributed by atoms with E-state index in [1.165, 1.54) is 30.1 Å². The Morgan fingerprint density at radius 3 is 2.43 bits per heavy atom. The summed E-state index contributed by atoms with van der Waals surface area (Å²) < 4.78 is 37.8. The SMILES string of the molecule is O=C(Nc1ccc(C(F)(F)F)cc1)c1cnc(N2CCc3ccccc32)cn1. The van der Waals surface area contributed by atoms with Crippen LogP contribution in [0.4, 0.5) is 30.4 Å². The number of anilines is 3. The molecule has 0 aliphatic carbocycles. The van der Waals surface area contributed by atoms with E-state index in [1.54, 1.807) is 0 Å². The summed E-state index contributed by atoms with van der Waals surface area (Å²) in [6.07, 6.45) is -0.633. The normalized spacial score (nSPS) is 13.3. The topological polar surface area (TPSA) is 58.1 Å². The lowest BCUT2D eigenvalue weighted by Gasteiger charge is -2.17. The number of amides is 1. The number of carbonyl (C=O) groups is 1. The molecule has 2 heterocycles. The van der Waals surface area contributed by atoms with Gasteiger partial charge in [-0.25, -0.2) is 9.97 Å². The van der Waals surface area contributed by atoms with Crippen LogP contribution in [0.5, 0.6) is 0 Å². The molecule has 142 valence electrons. The number of fused-ring (bicyclic) bond motifs is 1. The number of nitrogens with zero attached hydrogens (tertiary/aromatic N) is 3. The smallest absolute Gasteiger partial charge is 0.325 e. The van der Waals surface area contributed by atoms with Gasteiger partial charge in [0.2, 0.25) is 0 Å². The third kappa shape index (κ3) is 3.53. The molecule has 0 saturated carbocycles. The second-order valence-corrected chi connectivity index (χ2v) is 6.32. The Labute approximate surface area is 158 Å². The van der Waals surface area contributed by atoms with Crippen molar-refractivity contribution in [2.45, 2.75) is 12.6 Å². The first-order chi connectivity index (χ1) is 13.4. The number of hydrogen-bond donors (Lipinski definition) is 1. The van der Waals surface area contributed by atoms with Gasteiger partial charge < -0.3 is 10.2 Å². The first-order valence-corrected chi connectivity index (χ1v) is 8.58. The highest BCUT2D eigenvalue weighted by Crippen LogP contribution is 2.33. The fourth-order valence-electron chi connectivity index (χ4n) is 3.09.